The van der Waals surface area contributed by atoms with E-state index in [0.717, 1.165) is 37.1 Å². The van der Waals surface area contributed by atoms with Gasteiger partial charge in [0.15, 0.2) is 0 Å². The van der Waals surface area contributed by atoms with Crippen LogP contribution in [0.25, 0.3) is 0 Å². The first-order valence-electron chi connectivity index (χ1n) is 5.87. The molecule has 1 fully saturated rings. The summed E-state index contributed by atoms with van der Waals surface area (Å²) in [6.45, 7) is 3.47. The van der Waals surface area contributed by atoms with Gasteiger partial charge in [0.2, 0.25) is 0 Å². The fourth-order valence-corrected chi connectivity index (χ4v) is 3.30. The van der Waals surface area contributed by atoms with E-state index in [1.165, 1.54) is 4.88 Å². The van der Waals surface area contributed by atoms with Gasteiger partial charge in [-0.2, -0.15) is 0 Å². The van der Waals surface area contributed by atoms with Crippen LogP contribution in [0.1, 0.15) is 17.4 Å². The lowest BCUT2D eigenvalue weighted by Crippen LogP contribution is -2.27. The fourth-order valence-electron chi connectivity index (χ4n) is 2.10. The van der Waals surface area contributed by atoms with E-state index >= 15 is 0 Å². The van der Waals surface area contributed by atoms with E-state index in [-0.39, 0.29) is 6.10 Å². The SMILES string of the molecule is COCCNCC1CCOC1c1ccc(Cl)s1. The van der Waals surface area contributed by atoms with E-state index in [0.29, 0.717) is 5.92 Å². The van der Waals surface area contributed by atoms with Crippen molar-refractivity contribution in [1.29, 1.82) is 0 Å². The van der Waals surface area contributed by atoms with Gasteiger partial charge in [0, 0.05) is 37.6 Å². The molecular formula is C12H18ClNO2S. The van der Waals surface area contributed by atoms with E-state index in [9.17, 15) is 0 Å². The molecule has 2 heterocycles. The van der Waals surface area contributed by atoms with Gasteiger partial charge >= 0.3 is 0 Å². The fraction of sp³-hybridized carbons (Fsp3) is 0.667. The Bertz CT molecular complexity index is 345. The number of thiophene rings is 1. The maximum absolute atomic E-state index is 5.96. The molecule has 0 radical (unpaired) electrons. The molecule has 0 spiro atoms. The van der Waals surface area contributed by atoms with Crippen LogP contribution in [0.4, 0.5) is 0 Å². The second-order valence-electron chi connectivity index (χ2n) is 4.18. The van der Waals surface area contributed by atoms with Gasteiger partial charge in [-0.3, -0.25) is 0 Å². The predicted octanol–water partition coefficient (Wildman–Crippen LogP) is 2.72. The minimum atomic E-state index is 0.211. The Hall–Kier alpha value is -0.130. The van der Waals surface area contributed by atoms with Crippen molar-refractivity contribution >= 4 is 22.9 Å². The lowest BCUT2D eigenvalue weighted by Gasteiger charge is -2.17. The number of ether oxygens (including phenoxy) is 2. The molecule has 1 aliphatic rings. The third-order valence-electron chi connectivity index (χ3n) is 2.98. The molecule has 2 atom stereocenters. The van der Waals surface area contributed by atoms with Crippen LogP contribution in [0.2, 0.25) is 4.34 Å². The van der Waals surface area contributed by atoms with Crippen LogP contribution in [0.5, 0.6) is 0 Å². The van der Waals surface area contributed by atoms with Gasteiger partial charge in [-0.15, -0.1) is 11.3 Å². The number of rotatable bonds is 6. The first kappa shape index (κ1) is 13.3. The summed E-state index contributed by atoms with van der Waals surface area (Å²) in [7, 11) is 1.72. The highest BCUT2D eigenvalue weighted by molar-refractivity contribution is 7.16. The van der Waals surface area contributed by atoms with E-state index in [4.69, 9.17) is 21.1 Å². The van der Waals surface area contributed by atoms with Crippen LogP contribution in [-0.2, 0) is 9.47 Å². The van der Waals surface area contributed by atoms with E-state index in [1.54, 1.807) is 18.4 Å². The van der Waals surface area contributed by atoms with Gasteiger partial charge in [0.25, 0.3) is 0 Å². The molecule has 1 N–H and O–H groups in total. The molecule has 17 heavy (non-hydrogen) atoms. The van der Waals surface area contributed by atoms with Crippen molar-refractivity contribution < 1.29 is 9.47 Å². The summed E-state index contributed by atoms with van der Waals surface area (Å²) in [4.78, 5) is 1.24. The molecule has 1 aliphatic heterocycles. The Morgan fingerprint density at radius 2 is 2.47 bits per heavy atom. The topological polar surface area (TPSA) is 30.5 Å². The van der Waals surface area contributed by atoms with Gasteiger partial charge < -0.3 is 14.8 Å². The molecule has 1 aromatic heterocycles. The summed E-state index contributed by atoms with van der Waals surface area (Å²) in [5.74, 6) is 0.543. The zero-order chi connectivity index (χ0) is 12.1. The standard InChI is InChI=1S/C12H18ClNO2S/c1-15-7-5-14-8-9-4-6-16-12(9)10-2-3-11(13)17-10/h2-3,9,12,14H,4-8H2,1H3. The Labute approximate surface area is 111 Å². The molecule has 5 heteroatoms. The molecule has 0 aliphatic carbocycles. The Balaban J connectivity index is 1.84. The van der Waals surface area contributed by atoms with Crippen LogP contribution in [0, 0.1) is 5.92 Å². The number of halogens is 1. The number of nitrogens with one attached hydrogen (secondary N) is 1. The zero-order valence-electron chi connectivity index (χ0n) is 9.95. The van der Waals surface area contributed by atoms with Gasteiger partial charge in [0.1, 0.15) is 0 Å². The summed E-state index contributed by atoms with van der Waals surface area (Å²) >= 11 is 7.58. The minimum absolute atomic E-state index is 0.211. The van der Waals surface area contributed by atoms with Gasteiger partial charge in [-0.25, -0.2) is 0 Å². The van der Waals surface area contributed by atoms with Crippen molar-refractivity contribution in [2.75, 3.05) is 33.4 Å². The molecule has 2 unspecified atom stereocenters. The molecule has 2 rings (SSSR count). The molecule has 0 bridgehead atoms. The van der Waals surface area contributed by atoms with Crippen molar-refractivity contribution in [3.05, 3.63) is 21.3 Å². The lowest BCUT2D eigenvalue weighted by molar-refractivity contribution is 0.0927. The first-order chi connectivity index (χ1) is 8.31. The summed E-state index contributed by atoms with van der Waals surface area (Å²) in [6.07, 6.45) is 1.32. The summed E-state index contributed by atoms with van der Waals surface area (Å²) in [5, 5.41) is 3.40. The minimum Gasteiger partial charge on any atom is -0.383 e. The third kappa shape index (κ3) is 3.66. The molecule has 1 saturated heterocycles. The molecule has 0 aromatic carbocycles. The number of methoxy groups -OCH3 is 1. The van der Waals surface area contributed by atoms with Gasteiger partial charge in [0.05, 0.1) is 17.0 Å². The zero-order valence-corrected chi connectivity index (χ0v) is 11.5. The second-order valence-corrected chi connectivity index (χ2v) is 5.93. The quantitative estimate of drug-likeness (QED) is 0.810. The Kier molecular flexibility index (Phi) is 5.25. The summed E-state index contributed by atoms with van der Waals surface area (Å²) in [6, 6.07) is 4.02. The molecule has 1 aromatic rings. The molecule has 96 valence electrons. The van der Waals surface area contributed by atoms with Crippen LogP contribution in [0.15, 0.2) is 12.1 Å². The molecular weight excluding hydrogens is 258 g/mol. The maximum Gasteiger partial charge on any atom is 0.0958 e. The average molecular weight is 276 g/mol. The van der Waals surface area contributed by atoms with Crippen molar-refractivity contribution in [1.82, 2.24) is 5.32 Å². The van der Waals surface area contributed by atoms with E-state index in [1.807, 2.05) is 6.07 Å². The van der Waals surface area contributed by atoms with Crippen molar-refractivity contribution in [3.63, 3.8) is 0 Å². The molecule has 3 nitrogen and oxygen atoms in total. The normalized spacial score (nSPS) is 24.4. The first-order valence-corrected chi connectivity index (χ1v) is 7.07. The highest BCUT2D eigenvalue weighted by atomic mass is 35.5. The van der Waals surface area contributed by atoms with Gasteiger partial charge in [-0.05, 0) is 18.6 Å². The number of hydrogen-bond acceptors (Lipinski definition) is 4. The van der Waals surface area contributed by atoms with Crippen LogP contribution in [0.3, 0.4) is 0 Å². The van der Waals surface area contributed by atoms with Crippen molar-refractivity contribution in [3.8, 4) is 0 Å². The van der Waals surface area contributed by atoms with E-state index in [2.05, 4.69) is 11.4 Å². The Morgan fingerprint density at radius 3 is 3.18 bits per heavy atom. The van der Waals surface area contributed by atoms with Crippen molar-refractivity contribution in [2.45, 2.75) is 12.5 Å². The summed E-state index contributed by atoms with van der Waals surface area (Å²) in [5.41, 5.74) is 0. The highest BCUT2D eigenvalue weighted by Crippen LogP contribution is 2.38. The van der Waals surface area contributed by atoms with Gasteiger partial charge in [-0.1, -0.05) is 11.6 Å². The predicted molar refractivity (Wildman–Crippen MR) is 70.9 cm³/mol. The molecule has 0 saturated carbocycles. The maximum atomic E-state index is 5.96. The summed E-state index contributed by atoms with van der Waals surface area (Å²) < 4.78 is 11.6. The molecule has 0 amide bonds. The van der Waals surface area contributed by atoms with Crippen molar-refractivity contribution in [2.24, 2.45) is 5.92 Å². The average Bonchev–Trinajstić information content (AvgIpc) is 2.93. The smallest absolute Gasteiger partial charge is 0.0958 e. The second kappa shape index (κ2) is 6.71. The third-order valence-corrected chi connectivity index (χ3v) is 4.27. The van der Waals surface area contributed by atoms with E-state index < -0.39 is 0 Å². The van der Waals surface area contributed by atoms with Crippen LogP contribution >= 0.6 is 22.9 Å². The largest absolute Gasteiger partial charge is 0.383 e. The highest BCUT2D eigenvalue weighted by Gasteiger charge is 2.30. The van der Waals surface area contributed by atoms with Crippen LogP contribution < -0.4 is 5.32 Å². The van der Waals surface area contributed by atoms with Crippen LogP contribution in [-0.4, -0.2) is 33.4 Å². The lowest BCUT2D eigenvalue weighted by atomic mass is 10.0. The number of hydrogen-bond donors (Lipinski definition) is 1. The monoisotopic (exact) mass is 275 g/mol. The Morgan fingerprint density at radius 1 is 1.59 bits per heavy atom.